The third kappa shape index (κ3) is 2.68. The molecule has 124 valence electrons. The Hall–Kier alpha value is -3.07. The predicted octanol–water partition coefficient (Wildman–Crippen LogP) is 5.50. The molecule has 0 saturated heterocycles. The van der Waals surface area contributed by atoms with E-state index in [9.17, 15) is 9.50 Å². The summed E-state index contributed by atoms with van der Waals surface area (Å²) in [6.07, 6.45) is 0. The quantitative estimate of drug-likeness (QED) is 0.511. The fraction of sp³-hybridized carbons (Fsp3) is 0.0909. The minimum Gasteiger partial charge on any atom is -0.508 e. The molecule has 2 N–H and O–H groups in total. The van der Waals surface area contributed by atoms with E-state index in [2.05, 4.69) is 4.98 Å². The molecule has 3 aromatic carbocycles. The van der Waals surface area contributed by atoms with Crippen molar-refractivity contribution in [2.24, 2.45) is 0 Å². The molecule has 0 amide bonds. The molecule has 3 heteroatoms. The lowest BCUT2D eigenvalue weighted by Gasteiger charge is -2.19. The van der Waals surface area contributed by atoms with Crippen molar-refractivity contribution >= 4 is 10.9 Å². The normalized spacial score (nSPS) is 12.4. The summed E-state index contributed by atoms with van der Waals surface area (Å²) in [5, 5.41) is 11.4. The number of rotatable bonds is 3. The molecule has 2 nitrogen and oxygen atoms in total. The maximum atomic E-state index is 13.6. The van der Waals surface area contributed by atoms with Gasteiger partial charge in [-0.05, 0) is 42.3 Å². The molecular formula is C22H18FNO. The Morgan fingerprint density at radius 3 is 2.40 bits per heavy atom. The van der Waals surface area contributed by atoms with Crippen molar-refractivity contribution in [3.63, 3.8) is 0 Å². The highest BCUT2D eigenvalue weighted by Crippen LogP contribution is 2.39. The van der Waals surface area contributed by atoms with Crippen LogP contribution in [0.4, 0.5) is 4.39 Å². The van der Waals surface area contributed by atoms with Crippen molar-refractivity contribution in [1.29, 1.82) is 0 Å². The SMILES string of the molecule is Cc1c(C(c2ccccc2)c2ccccc2O)[nH]c2cc(F)ccc12. The summed E-state index contributed by atoms with van der Waals surface area (Å²) >= 11 is 0. The number of aryl methyl sites for hydroxylation is 1. The lowest BCUT2D eigenvalue weighted by atomic mass is 9.86. The van der Waals surface area contributed by atoms with E-state index in [0.29, 0.717) is 0 Å². The van der Waals surface area contributed by atoms with Gasteiger partial charge in [0, 0.05) is 22.2 Å². The van der Waals surface area contributed by atoms with Gasteiger partial charge in [-0.3, -0.25) is 0 Å². The fourth-order valence-electron chi connectivity index (χ4n) is 3.50. The average Bonchev–Trinajstić information content (AvgIpc) is 2.94. The molecule has 25 heavy (non-hydrogen) atoms. The molecule has 0 bridgehead atoms. The number of hydrogen-bond acceptors (Lipinski definition) is 1. The highest BCUT2D eigenvalue weighted by atomic mass is 19.1. The summed E-state index contributed by atoms with van der Waals surface area (Å²) in [7, 11) is 0. The van der Waals surface area contributed by atoms with Crippen LogP contribution in [0.5, 0.6) is 5.75 Å². The second-order valence-corrected chi connectivity index (χ2v) is 6.26. The van der Waals surface area contributed by atoms with Gasteiger partial charge in [0.25, 0.3) is 0 Å². The zero-order chi connectivity index (χ0) is 17.4. The van der Waals surface area contributed by atoms with E-state index < -0.39 is 0 Å². The summed E-state index contributed by atoms with van der Waals surface area (Å²) in [5.74, 6) is -0.169. The Balaban J connectivity index is 1.99. The summed E-state index contributed by atoms with van der Waals surface area (Å²) < 4.78 is 13.6. The van der Waals surface area contributed by atoms with E-state index in [4.69, 9.17) is 0 Å². The first-order valence-corrected chi connectivity index (χ1v) is 8.25. The average molecular weight is 331 g/mol. The zero-order valence-corrected chi connectivity index (χ0v) is 13.8. The van der Waals surface area contributed by atoms with Crippen LogP contribution < -0.4 is 0 Å². The molecule has 4 aromatic rings. The number of phenolic OH excluding ortho intramolecular Hbond substituents is 1. The topological polar surface area (TPSA) is 36.0 Å². The van der Waals surface area contributed by atoms with Crippen LogP contribution in [0.3, 0.4) is 0 Å². The first-order valence-electron chi connectivity index (χ1n) is 8.25. The Bertz CT molecular complexity index is 1040. The Labute approximate surface area is 145 Å². The molecule has 0 aliphatic heterocycles. The molecule has 0 spiro atoms. The number of hydrogen-bond donors (Lipinski definition) is 2. The number of fused-ring (bicyclic) bond motifs is 1. The third-order valence-electron chi connectivity index (χ3n) is 4.73. The number of benzene rings is 3. The van der Waals surface area contributed by atoms with Crippen LogP contribution in [0.15, 0.2) is 72.8 Å². The number of aromatic hydroxyl groups is 1. The van der Waals surface area contributed by atoms with Crippen molar-refractivity contribution < 1.29 is 9.50 Å². The highest BCUT2D eigenvalue weighted by Gasteiger charge is 2.24. The monoisotopic (exact) mass is 331 g/mol. The van der Waals surface area contributed by atoms with E-state index in [-0.39, 0.29) is 17.5 Å². The molecule has 0 radical (unpaired) electrons. The van der Waals surface area contributed by atoms with Crippen LogP contribution in [-0.4, -0.2) is 10.1 Å². The standard InChI is InChI=1S/C22H18FNO/c1-14-17-12-11-16(23)13-19(17)24-22(14)21(15-7-3-2-4-8-15)18-9-5-6-10-20(18)25/h2-13,21,24-25H,1H3. The zero-order valence-electron chi connectivity index (χ0n) is 13.8. The number of aromatic nitrogens is 1. The number of para-hydroxylation sites is 1. The summed E-state index contributed by atoms with van der Waals surface area (Å²) in [4.78, 5) is 3.38. The third-order valence-corrected chi connectivity index (χ3v) is 4.73. The van der Waals surface area contributed by atoms with Crippen LogP contribution in [0, 0.1) is 12.7 Å². The van der Waals surface area contributed by atoms with E-state index in [1.54, 1.807) is 12.1 Å². The molecule has 0 saturated carbocycles. The van der Waals surface area contributed by atoms with Gasteiger partial charge in [-0.25, -0.2) is 4.39 Å². The Morgan fingerprint density at radius 2 is 1.64 bits per heavy atom. The molecule has 4 rings (SSSR count). The fourth-order valence-corrected chi connectivity index (χ4v) is 3.50. The van der Waals surface area contributed by atoms with E-state index in [1.165, 1.54) is 12.1 Å². The van der Waals surface area contributed by atoms with Gasteiger partial charge >= 0.3 is 0 Å². The molecule has 1 heterocycles. The maximum Gasteiger partial charge on any atom is 0.125 e. The Morgan fingerprint density at radius 1 is 0.920 bits per heavy atom. The summed E-state index contributed by atoms with van der Waals surface area (Å²) in [6, 6.07) is 22.2. The lowest BCUT2D eigenvalue weighted by Crippen LogP contribution is -2.05. The number of nitrogens with one attached hydrogen (secondary N) is 1. The molecule has 0 fully saturated rings. The lowest BCUT2D eigenvalue weighted by molar-refractivity contribution is 0.467. The van der Waals surface area contributed by atoms with Crippen LogP contribution in [-0.2, 0) is 0 Å². The first kappa shape index (κ1) is 15.5. The van der Waals surface area contributed by atoms with Gasteiger partial charge in [0.2, 0.25) is 0 Å². The number of halogens is 1. The largest absolute Gasteiger partial charge is 0.508 e. The van der Waals surface area contributed by atoms with Crippen molar-refractivity contribution in [2.45, 2.75) is 12.8 Å². The summed E-state index contributed by atoms with van der Waals surface area (Å²) in [6.45, 7) is 2.03. The van der Waals surface area contributed by atoms with E-state index in [1.807, 2.05) is 55.5 Å². The van der Waals surface area contributed by atoms with Crippen molar-refractivity contribution in [2.75, 3.05) is 0 Å². The van der Waals surface area contributed by atoms with Gasteiger partial charge in [-0.1, -0.05) is 48.5 Å². The number of H-pyrrole nitrogens is 1. The first-order chi connectivity index (χ1) is 12.1. The van der Waals surface area contributed by atoms with Gasteiger partial charge < -0.3 is 10.1 Å². The number of aromatic amines is 1. The molecule has 0 aliphatic carbocycles. The van der Waals surface area contributed by atoms with Gasteiger partial charge in [0.1, 0.15) is 11.6 Å². The van der Waals surface area contributed by atoms with Crippen molar-refractivity contribution in [1.82, 2.24) is 4.98 Å². The molecule has 1 aromatic heterocycles. The van der Waals surface area contributed by atoms with Crippen molar-refractivity contribution in [3.05, 3.63) is 101 Å². The minimum absolute atomic E-state index is 0.155. The minimum atomic E-state index is -0.265. The second-order valence-electron chi connectivity index (χ2n) is 6.26. The van der Waals surface area contributed by atoms with Crippen molar-refractivity contribution in [3.8, 4) is 5.75 Å². The number of phenols is 1. The van der Waals surface area contributed by atoms with Gasteiger partial charge in [0.05, 0.1) is 5.92 Å². The molecule has 0 aliphatic rings. The van der Waals surface area contributed by atoms with Crippen LogP contribution in [0.2, 0.25) is 0 Å². The van der Waals surface area contributed by atoms with Gasteiger partial charge in [-0.2, -0.15) is 0 Å². The van der Waals surface area contributed by atoms with E-state index in [0.717, 1.165) is 33.3 Å². The van der Waals surface area contributed by atoms with Gasteiger partial charge in [-0.15, -0.1) is 0 Å². The van der Waals surface area contributed by atoms with Gasteiger partial charge in [0.15, 0.2) is 0 Å². The highest BCUT2D eigenvalue weighted by molar-refractivity contribution is 5.85. The van der Waals surface area contributed by atoms with Crippen LogP contribution in [0.25, 0.3) is 10.9 Å². The maximum absolute atomic E-state index is 13.6. The van der Waals surface area contributed by atoms with E-state index >= 15 is 0 Å². The smallest absolute Gasteiger partial charge is 0.125 e. The van der Waals surface area contributed by atoms with Crippen LogP contribution in [0.1, 0.15) is 28.3 Å². The molecule has 1 atom stereocenters. The summed E-state index contributed by atoms with van der Waals surface area (Å²) in [5.41, 5.74) is 4.69. The predicted molar refractivity (Wildman–Crippen MR) is 98.5 cm³/mol. The molecular weight excluding hydrogens is 313 g/mol. The molecule has 1 unspecified atom stereocenters. The second kappa shape index (κ2) is 6.10. The Kier molecular flexibility index (Phi) is 3.77. The van der Waals surface area contributed by atoms with Crippen LogP contribution >= 0.6 is 0 Å².